The smallest absolute Gasteiger partial charge is 0.127 e. The number of halogens is 1. The highest BCUT2D eigenvalue weighted by Gasteiger charge is 2.12. The summed E-state index contributed by atoms with van der Waals surface area (Å²) in [4.78, 5) is 0. The molecule has 1 N–H and O–H groups in total. The molecule has 0 spiro atoms. The van der Waals surface area contributed by atoms with Gasteiger partial charge in [-0.05, 0) is 42.0 Å². The maximum atomic E-state index is 5.84. The van der Waals surface area contributed by atoms with Gasteiger partial charge in [0.05, 0.1) is 0 Å². The molecule has 0 radical (unpaired) electrons. The van der Waals surface area contributed by atoms with Crippen LogP contribution in [0.15, 0.2) is 54.6 Å². The fourth-order valence-corrected chi connectivity index (χ4v) is 2.49. The van der Waals surface area contributed by atoms with E-state index in [2.05, 4.69) is 17.5 Å². The standard InChI is InChI=1S/C18H18ClNO2/c19-15-5-7-16(8-6-15)21-12-10-20-13-14-9-11-22-18-4-2-1-3-17(14)18/h1-9,20H,10-13H2. The second kappa shape index (κ2) is 7.34. The molecule has 3 rings (SSSR count). The third-order valence-electron chi connectivity index (χ3n) is 3.48. The van der Waals surface area contributed by atoms with Crippen LogP contribution < -0.4 is 14.8 Å². The van der Waals surface area contributed by atoms with E-state index >= 15 is 0 Å². The molecular formula is C18H18ClNO2. The van der Waals surface area contributed by atoms with E-state index in [1.165, 1.54) is 11.1 Å². The van der Waals surface area contributed by atoms with Gasteiger partial charge in [-0.15, -0.1) is 0 Å². The zero-order valence-corrected chi connectivity index (χ0v) is 13.0. The van der Waals surface area contributed by atoms with Crippen molar-refractivity contribution in [2.45, 2.75) is 0 Å². The van der Waals surface area contributed by atoms with Crippen LogP contribution in [-0.2, 0) is 0 Å². The van der Waals surface area contributed by atoms with E-state index in [9.17, 15) is 0 Å². The van der Waals surface area contributed by atoms with Gasteiger partial charge in [0.2, 0.25) is 0 Å². The molecule has 0 aliphatic carbocycles. The minimum absolute atomic E-state index is 0.618. The summed E-state index contributed by atoms with van der Waals surface area (Å²) < 4.78 is 11.3. The molecule has 0 fully saturated rings. The molecule has 4 heteroatoms. The molecule has 0 bridgehead atoms. The molecule has 2 aromatic rings. The Morgan fingerprint density at radius 3 is 2.77 bits per heavy atom. The Bertz CT molecular complexity index is 652. The summed E-state index contributed by atoms with van der Waals surface area (Å²) in [6, 6.07) is 15.5. The van der Waals surface area contributed by atoms with E-state index in [1.54, 1.807) is 0 Å². The van der Waals surface area contributed by atoms with Crippen LogP contribution in [0.3, 0.4) is 0 Å². The molecule has 1 aliphatic heterocycles. The largest absolute Gasteiger partial charge is 0.492 e. The Morgan fingerprint density at radius 1 is 1.09 bits per heavy atom. The molecule has 0 atom stereocenters. The van der Waals surface area contributed by atoms with Gasteiger partial charge in [-0.25, -0.2) is 0 Å². The summed E-state index contributed by atoms with van der Waals surface area (Å²) in [6.07, 6.45) is 2.12. The van der Waals surface area contributed by atoms with Gasteiger partial charge in [0, 0.05) is 23.7 Å². The number of benzene rings is 2. The first-order valence-electron chi connectivity index (χ1n) is 7.33. The quantitative estimate of drug-likeness (QED) is 0.823. The van der Waals surface area contributed by atoms with Crippen LogP contribution in [0.2, 0.25) is 5.02 Å². The lowest BCUT2D eigenvalue weighted by atomic mass is 10.0. The van der Waals surface area contributed by atoms with Crippen LogP contribution in [0, 0.1) is 0 Å². The monoisotopic (exact) mass is 315 g/mol. The van der Waals surface area contributed by atoms with Crippen LogP contribution in [-0.4, -0.2) is 26.3 Å². The fourth-order valence-electron chi connectivity index (χ4n) is 2.36. The minimum atomic E-state index is 0.618. The number of ether oxygens (including phenoxy) is 2. The molecule has 0 amide bonds. The van der Waals surface area contributed by atoms with Gasteiger partial charge < -0.3 is 14.8 Å². The van der Waals surface area contributed by atoms with E-state index in [0.29, 0.717) is 13.2 Å². The molecule has 114 valence electrons. The molecule has 0 saturated heterocycles. The highest BCUT2D eigenvalue weighted by Crippen LogP contribution is 2.28. The van der Waals surface area contributed by atoms with Crippen molar-refractivity contribution in [3.8, 4) is 11.5 Å². The summed E-state index contributed by atoms with van der Waals surface area (Å²) in [5.74, 6) is 1.79. The first-order chi connectivity index (χ1) is 10.8. The number of nitrogens with one attached hydrogen (secondary N) is 1. The van der Waals surface area contributed by atoms with E-state index in [1.807, 2.05) is 42.5 Å². The van der Waals surface area contributed by atoms with Crippen molar-refractivity contribution in [1.29, 1.82) is 0 Å². The second-order valence-electron chi connectivity index (χ2n) is 5.02. The predicted molar refractivity (Wildman–Crippen MR) is 89.7 cm³/mol. The van der Waals surface area contributed by atoms with Crippen molar-refractivity contribution in [2.24, 2.45) is 0 Å². The zero-order chi connectivity index (χ0) is 15.2. The lowest BCUT2D eigenvalue weighted by Crippen LogP contribution is -2.24. The van der Waals surface area contributed by atoms with Crippen LogP contribution in [0.5, 0.6) is 11.5 Å². The lowest BCUT2D eigenvalue weighted by Gasteiger charge is -2.19. The van der Waals surface area contributed by atoms with Crippen molar-refractivity contribution in [3.05, 3.63) is 65.2 Å². The second-order valence-corrected chi connectivity index (χ2v) is 5.45. The summed E-state index contributed by atoms with van der Waals surface area (Å²) >= 11 is 5.84. The van der Waals surface area contributed by atoms with Crippen LogP contribution in [0.25, 0.3) is 5.57 Å². The van der Waals surface area contributed by atoms with Gasteiger partial charge in [-0.1, -0.05) is 29.8 Å². The molecule has 1 aliphatic rings. The summed E-state index contributed by atoms with van der Waals surface area (Å²) in [5, 5.41) is 4.12. The van der Waals surface area contributed by atoms with Gasteiger partial charge in [-0.3, -0.25) is 0 Å². The number of hydrogen-bond donors (Lipinski definition) is 1. The summed E-state index contributed by atoms with van der Waals surface area (Å²) in [6.45, 7) is 2.84. The Labute approximate surface area is 135 Å². The molecule has 0 saturated carbocycles. The van der Waals surface area contributed by atoms with E-state index < -0.39 is 0 Å². The summed E-state index contributed by atoms with van der Waals surface area (Å²) in [5.41, 5.74) is 2.44. The topological polar surface area (TPSA) is 30.5 Å². The highest BCUT2D eigenvalue weighted by atomic mass is 35.5. The van der Waals surface area contributed by atoms with Crippen LogP contribution >= 0.6 is 11.6 Å². The van der Waals surface area contributed by atoms with Crippen LogP contribution in [0.4, 0.5) is 0 Å². The minimum Gasteiger partial charge on any atom is -0.492 e. The first-order valence-corrected chi connectivity index (χ1v) is 7.71. The lowest BCUT2D eigenvalue weighted by molar-refractivity contribution is 0.316. The number of para-hydroxylation sites is 1. The number of hydrogen-bond acceptors (Lipinski definition) is 3. The first kappa shape index (κ1) is 14.9. The van der Waals surface area contributed by atoms with E-state index in [0.717, 1.165) is 29.6 Å². The molecule has 1 heterocycles. The number of fused-ring (bicyclic) bond motifs is 1. The molecule has 22 heavy (non-hydrogen) atoms. The Kier molecular flexibility index (Phi) is 4.99. The van der Waals surface area contributed by atoms with Gasteiger partial charge >= 0.3 is 0 Å². The van der Waals surface area contributed by atoms with Gasteiger partial charge in [-0.2, -0.15) is 0 Å². The van der Waals surface area contributed by atoms with Crippen molar-refractivity contribution in [2.75, 3.05) is 26.3 Å². The maximum Gasteiger partial charge on any atom is 0.127 e. The highest BCUT2D eigenvalue weighted by molar-refractivity contribution is 6.30. The zero-order valence-electron chi connectivity index (χ0n) is 12.2. The Hall–Kier alpha value is -1.97. The average molecular weight is 316 g/mol. The van der Waals surface area contributed by atoms with Crippen molar-refractivity contribution < 1.29 is 9.47 Å². The van der Waals surface area contributed by atoms with E-state index in [4.69, 9.17) is 21.1 Å². The molecule has 3 nitrogen and oxygen atoms in total. The Balaban J connectivity index is 1.44. The van der Waals surface area contributed by atoms with Gasteiger partial charge in [0.1, 0.15) is 24.7 Å². The normalized spacial score (nSPS) is 13.0. The molecule has 2 aromatic carbocycles. The maximum absolute atomic E-state index is 5.84. The third-order valence-corrected chi connectivity index (χ3v) is 3.73. The molecular weight excluding hydrogens is 298 g/mol. The molecule has 0 aromatic heterocycles. The fraction of sp³-hybridized carbons (Fsp3) is 0.222. The number of rotatable bonds is 6. The summed E-state index contributed by atoms with van der Waals surface area (Å²) in [7, 11) is 0. The molecule has 0 unspecified atom stereocenters. The van der Waals surface area contributed by atoms with Crippen molar-refractivity contribution >= 4 is 17.2 Å². The van der Waals surface area contributed by atoms with Gasteiger partial charge in [0.25, 0.3) is 0 Å². The SMILES string of the molecule is Clc1ccc(OCCNCC2=CCOc3ccccc32)cc1. The third kappa shape index (κ3) is 3.81. The van der Waals surface area contributed by atoms with Crippen molar-refractivity contribution in [1.82, 2.24) is 5.32 Å². The average Bonchev–Trinajstić information content (AvgIpc) is 2.56. The predicted octanol–water partition coefficient (Wildman–Crippen LogP) is 3.78. The Morgan fingerprint density at radius 2 is 1.91 bits per heavy atom. The van der Waals surface area contributed by atoms with E-state index in [-0.39, 0.29) is 0 Å². The van der Waals surface area contributed by atoms with Crippen LogP contribution in [0.1, 0.15) is 5.56 Å². The van der Waals surface area contributed by atoms with Gasteiger partial charge in [0.15, 0.2) is 0 Å². The van der Waals surface area contributed by atoms with Crippen molar-refractivity contribution in [3.63, 3.8) is 0 Å².